The van der Waals surface area contributed by atoms with Crippen LogP contribution in [0.25, 0.3) is 0 Å². The lowest BCUT2D eigenvalue weighted by Crippen LogP contribution is -2.45. The maximum atomic E-state index is 12.8. The number of Topliss-reactive ketones (excluding diaryl/α,β-unsaturated/α-hetero) is 1. The maximum absolute atomic E-state index is 12.8. The van der Waals surface area contributed by atoms with Crippen LogP contribution in [-0.2, 0) is 19.1 Å². The van der Waals surface area contributed by atoms with Crippen molar-refractivity contribution in [3.05, 3.63) is 23.3 Å². The van der Waals surface area contributed by atoms with Gasteiger partial charge in [-0.1, -0.05) is 31.1 Å². The highest BCUT2D eigenvalue weighted by molar-refractivity contribution is 5.92. The van der Waals surface area contributed by atoms with Crippen LogP contribution in [0.4, 0.5) is 0 Å². The minimum atomic E-state index is -0.389. The zero-order valence-electron chi connectivity index (χ0n) is 16.7. The SMILES string of the molecule is CC(=O)OCC(=O)[C@H]1CC[C@H]2[C@@H]3CCC4=CC(=O)CC[C@]4(C)C3=CC[C@]12C. The van der Waals surface area contributed by atoms with Crippen molar-refractivity contribution in [2.45, 2.75) is 65.7 Å². The van der Waals surface area contributed by atoms with Gasteiger partial charge in [-0.25, -0.2) is 0 Å². The Morgan fingerprint density at radius 1 is 1.19 bits per heavy atom. The zero-order valence-corrected chi connectivity index (χ0v) is 16.7. The van der Waals surface area contributed by atoms with Crippen LogP contribution in [0.5, 0.6) is 0 Å². The summed E-state index contributed by atoms with van der Waals surface area (Å²) >= 11 is 0. The molecule has 0 heterocycles. The van der Waals surface area contributed by atoms with Gasteiger partial charge in [0.2, 0.25) is 0 Å². The van der Waals surface area contributed by atoms with E-state index in [1.54, 1.807) is 0 Å². The summed E-state index contributed by atoms with van der Waals surface area (Å²) in [6.07, 6.45) is 10.9. The van der Waals surface area contributed by atoms with E-state index in [1.165, 1.54) is 18.1 Å². The van der Waals surface area contributed by atoms with Gasteiger partial charge in [0.25, 0.3) is 0 Å². The Morgan fingerprint density at radius 2 is 1.96 bits per heavy atom. The number of hydrogen-bond donors (Lipinski definition) is 0. The Labute approximate surface area is 161 Å². The van der Waals surface area contributed by atoms with Crippen molar-refractivity contribution in [1.82, 2.24) is 0 Å². The number of carbonyl (C=O) groups is 3. The second kappa shape index (κ2) is 6.42. The Bertz CT molecular complexity index is 760. The summed E-state index contributed by atoms with van der Waals surface area (Å²) in [6, 6.07) is 0. The van der Waals surface area contributed by atoms with Crippen LogP contribution in [0, 0.1) is 28.6 Å². The summed E-state index contributed by atoms with van der Waals surface area (Å²) in [7, 11) is 0. The normalized spacial score (nSPS) is 40.3. The molecule has 0 radical (unpaired) electrons. The Balaban J connectivity index is 1.61. The summed E-state index contributed by atoms with van der Waals surface area (Å²) < 4.78 is 5.00. The lowest BCUT2D eigenvalue weighted by molar-refractivity contribution is -0.148. The van der Waals surface area contributed by atoms with Crippen LogP contribution >= 0.6 is 0 Å². The molecule has 2 fully saturated rings. The molecule has 4 rings (SSSR count). The predicted octanol–water partition coefficient (Wildman–Crippen LogP) is 4.19. The quantitative estimate of drug-likeness (QED) is 0.552. The lowest BCUT2D eigenvalue weighted by atomic mass is 9.51. The van der Waals surface area contributed by atoms with Gasteiger partial charge in [0.15, 0.2) is 11.6 Å². The van der Waals surface area contributed by atoms with Crippen molar-refractivity contribution >= 4 is 17.5 Å². The van der Waals surface area contributed by atoms with E-state index in [4.69, 9.17) is 4.74 Å². The van der Waals surface area contributed by atoms with Crippen molar-refractivity contribution in [2.75, 3.05) is 6.61 Å². The number of ether oxygens (including phenoxy) is 1. The maximum Gasteiger partial charge on any atom is 0.303 e. The summed E-state index contributed by atoms with van der Waals surface area (Å²) in [5.74, 6) is 0.986. The summed E-state index contributed by atoms with van der Waals surface area (Å²) in [4.78, 5) is 35.8. The monoisotopic (exact) mass is 370 g/mol. The standard InChI is InChI=1S/C23H30O4/c1-14(24)27-13-21(26)20-7-6-18-17-5-4-15-12-16(25)8-10-22(15,2)19(17)9-11-23(18,20)3/h9,12,17-18,20H,4-8,10-11,13H2,1-3H3/t17-,18-,20+,22-,23-/m0/s1. The summed E-state index contributed by atoms with van der Waals surface area (Å²) in [5.41, 5.74) is 2.86. The topological polar surface area (TPSA) is 60.4 Å². The Kier molecular flexibility index (Phi) is 4.44. The van der Waals surface area contributed by atoms with Crippen LogP contribution < -0.4 is 0 Å². The molecule has 0 aromatic carbocycles. The first-order chi connectivity index (χ1) is 12.8. The number of fused-ring (bicyclic) bond motifs is 5. The number of allylic oxidation sites excluding steroid dienone is 4. The fraction of sp³-hybridized carbons (Fsp3) is 0.696. The van der Waals surface area contributed by atoms with Crippen molar-refractivity contribution in [2.24, 2.45) is 28.6 Å². The molecular weight excluding hydrogens is 340 g/mol. The lowest BCUT2D eigenvalue weighted by Gasteiger charge is -2.53. The van der Waals surface area contributed by atoms with Gasteiger partial charge in [-0.3, -0.25) is 14.4 Å². The average molecular weight is 370 g/mol. The molecule has 27 heavy (non-hydrogen) atoms. The number of esters is 1. The Hall–Kier alpha value is -1.71. The molecule has 0 aromatic heterocycles. The first kappa shape index (κ1) is 18.6. The second-order valence-electron chi connectivity index (χ2n) is 9.47. The van der Waals surface area contributed by atoms with Crippen molar-refractivity contribution < 1.29 is 19.1 Å². The molecule has 0 bridgehead atoms. The molecule has 0 saturated heterocycles. The molecule has 2 saturated carbocycles. The molecule has 146 valence electrons. The van der Waals surface area contributed by atoms with E-state index in [-0.39, 0.29) is 40.9 Å². The summed E-state index contributed by atoms with van der Waals surface area (Å²) in [5, 5.41) is 0. The molecule has 0 N–H and O–H groups in total. The minimum Gasteiger partial charge on any atom is -0.458 e. The summed E-state index contributed by atoms with van der Waals surface area (Å²) in [6.45, 7) is 5.86. The third-order valence-corrected chi connectivity index (χ3v) is 8.14. The molecular formula is C23H30O4. The van der Waals surface area contributed by atoms with E-state index in [0.29, 0.717) is 18.3 Å². The van der Waals surface area contributed by atoms with E-state index in [9.17, 15) is 14.4 Å². The number of carbonyl (C=O) groups excluding carboxylic acids is 3. The van der Waals surface area contributed by atoms with E-state index < -0.39 is 0 Å². The van der Waals surface area contributed by atoms with Crippen molar-refractivity contribution in [3.63, 3.8) is 0 Å². The predicted molar refractivity (Wildman–Crippen MR) is 102 cm³/mol. The van der Waals surface area contributed by atoms with E-state index in [0.717, 1.165) is 38.5 Å². The highest BCUT2D eigenvalue weighted by Crippen LogP contribution is 2.64. The smallest absolute Gasteiger partial charge is 0.303 e. The van der Waals surface area contributed by atoms with Gasteiger partial charge in [0.05, 0.1) is 0 Å². The van der Waals surface area contributed by atoms with Crippen molar-refractivity contribution in [1.29, 1.82) is 0 Å². The van der Waals surface area contributed by atoms with Gasteiger partial charge >= 0.3 is 5.97 Å². The first-order valence-electron chi connectivity index (χ1n) is 10.4. The third-order valence-electron chi connectivity index (χ3n) is 8.14. The molecule has 4 aliphatic rings. The van der Waals surface area contributed by atoms with Gasteiger partial charge in [0, 0.05) is 24.7 Å². The van der Waals surface area contributed by atoms with Crippen LogP contribution in [0.2, 0.25) is 0 Å². The molecule has 0 amide bonds. The highest BCUT2D eigenvalue weighted by atomic mass is 16.5. The van der Waals surface area contributed by atoms with Gasteiger partial charge in [0.1, 0.15) is 6.61 Å². The number of rotatable bonds is 3. The zero-order chi connectivity index (χ0) is 19.4. The van der Waals surface area contributed by atoms with E-state index in [2.05, 4.69) is 19.9 Å². The number of ketones is 2. The minimum absolute atomic E-state index is 0.0164. The molecule has 0 aromatic rings. The highest BCUT2D eigenvalue weighted by Gasteiger charge is 2.57. The van der Waals surface area contributed by atoms with E-state index >= 15 is 0 Å². The molecule has 5 atom stereocenters. The second-order valence-corrected chi connectivity index (χ2v) is 9.47. The molecule has 0 unspecified atom stereocenters. The van der Waals surface area contributed by atoms with Gasteiger partial charge in [-0.05, 0) is 61.9 Å². The van der Waals surface area contributed by atoms with Crippen molar-refractivity contribution in [3.8, 4) is 0 Å². The fourth-order valence-electron chi connectivity index (χ4n) is 6.66. The fourth-order valence-corrected chi connectivity index (χ4v) is 6.66. The van der Waals surface area contributed by atoms with Gasteiger partial charge in [-0.2, -0.15) is 0 Å². The Morgan fingerprint density at radius 3 is 2.70 bits per heavy atom. The molecule has 4 nitrogen and oxygen atoms in total. The van der Waals surface area contributed by atoms with Gasteiger partial charge in [-0.15, -0.1) is 0 Å². The molecule has 0 aliphatic heterocycles. The third kappa shape index (κ3) is 2.83. The largest absolute Gasteiger partial charge is 0.458 e. The molecule has 0 spiro atoms. The first-order valence-corrected chi connectivity index (χ1v) is 10.4. The molecule has 4 heteroatoms. The van der Waals surface area contributed by atoms with Crippen LogP contribution in [0.3, 0.4) is 0 Å². The number of hydrogen-bond acceptors (Lipinski definition) is 4. The molecule has 4 aliphatic carbocycles. The van der Waals surface area contributed by atoms with Crippen LogP contribution in [0.15, 0.2) is 23.3 Å². The average Bonchev–Trinajstić information content (AvgIpc) is 2.97. The van der Waals surface area contributed by atoms with Crippen LogP contribution in [-0.4, -0.2) is 24.1 Å². The van der Waals surface area contributed by atoms with E-state index in [1.807, 2.05) is 6.08 Å². The van der Waals surface area contributed by atoms with Crippen LogP contribution in [0.1, 0.15) is 65.7 Å². The van der Waals surface area contributed by atoms with Gasteiger partial charge < -0.3 is 4.74 Å².